The molecule has 0 aliphatic heterocycles. The lowest BCUT2D eigenvalue weighted by molar-refractivity contribution is -0.137. The Morgan fingerprint density at radius 1 is 1.04 bits per heavy atom. The minimum Gasteiger partial charge on any atom is -0.240 e. The van der Waals surface area contributed by atoms with E-state index in [-0.39, 0.29) is 20.7 Å². The number of rotatable bonds is 3. The Bertz CT molecular complexity index is 1080. The van der Waals surface area contributed by atoms with E-state index in [9.17, 15) is 25.8 Å². The summed E-state index contributed by atoms with van der Waals surface area (Å²) in [4.78, 5) is -0.193. The maximum Gasteiger partial charge on any atom is 0.416 e. The number of hydrogen-bond donors (Lipinski definition) is 0. The summed E-state index contributed by atoms with van der Waals surface area (Å²) < 4.78 is 76.9. The monoisotopic (exact) mass is 407 g/mol. The summed E-state index contributed by atoms with van der Waals surface area (Å²) in [6.45, 7) is 0. The SMILES string of the molecule is O=S(Cl)c1cn(S(=O)(=O)c2ccccc2)c2cc(C(F)(F)F)ccc12. The van der Waals surface area contributed by atoms with Crippen LogP contribution in [0.25, 0.3) is 10.9 Å². The molecule has 0 bridgehead atoms. The Kier molecular flexibility index (Phi) is 4.42. The number of benzene rings is 2. The van der Waals surface area contributed by atoms with Gasteiger partial charge in [0.25, 0.3) is 10.0 Å². The van der Waals surface area contributed by atoms with E-state index in [1.807, 2.05) is 0 Å². The maximum atomic E-state index is 13.0. The van der Waals surface area contributed by atoms with Gasteiger partial charge in [-0.15, -0.1) is 0 Å². The highest BCUT2D eigenvalue weighted by Crippen LogP contribution is 2.35. The molecule has 0 fully saturated rings. The molecule has 0 amide bonds. The molecule has 0 saturated heterocycles. The number of aromatic nitrogens is 1. The molecule has 132 valence electrons. The average Bonchev–Trinajstić information content (AvgIpc) is 2.94. The van der Waals surface area contributed by atoms with E-state index in [1.165, 1.54) is 24.3 Å². The second kappa shape index (κ2) is 6.15. The number of nitrogens with zero attached hydrogens (tertiary/aromatic N) is 1. The van der Waals surface area contributed by atoms with Crippen LogP contribution in [-0.2, 0) is 26.2 Å². The van der Waals surface area contributed by atoms with Gasteiger partial charge in [-0.25, -0.2) is 16.6 Å². The quantitative estimate of drug-likeness (QED) is 0.613. The van der Waals surface area contributed by atoms with Crippen molar-refractivity contribution in [3.8, 4) is 0 Å². The zero-order chi connectivity index (χ0) is 18.4. The van der Waals surface area contributed by atoms with E-state index in [0.29, 0.717) is 10.0 Å². The van der Waals surface area contributed by atoms with Crippen molar-refractivity contribution < 1.29 is 25.8 Å². The molecule has 1 heterocycles. The van der Waals surface area contributed by atoms with Gasteiger partial charge in [-0.2, -0.15) is 13.2 Å². The molecule has 2 aromatic carbocycles. The van der Waals surface area contributed by atoms with Gasteiger partial charge in [0.05, 0.1) is 20.9 Å². The first kappa shape index (κ1) is 18.0. The lowest BCUT2D eigenvalue weighted by Gasteiger charge is -2.10. The molecular weight excluding hydrogens is 399 g/mol. The van der Waals surface area contributed by atoms with E-state index >= 15 is 0 Å². The molecule has 1 aromatic heterocycles. The average molecular weight is 408 g/mol. The van der Waals surface area contributed by atoms with Crippen molar-refractivity contribution in [2.45, 2.75) is 16.0 Å². The smallest absolute Gasteiger partial charge is 0.240 e. The van der Waals surface area contributed by atoms with Crippen LogP contribution in [0.5, 0.6) is 0 Å². The minimum atomic E-state index is -4.65. The molecule has 4 nitrogen and oxygen atoms in total. The Labute approximate surface area is 147 Å². The van der Waals surface area contributed by atoms with Gasteiger partial charge in [-0.1, -0.05) is 24.3 Å². The van der Waals surface area contributed by atoms with Gasteiger partial charge in [0, 0.05) is 11.6 Å². The lowest BCUT2D eigenvalue weighted by Crippen LogP contribution is -2.12. The van der Waals surface area contributed by atoms with Crippen LogP contribution in [0.1, 0.15) is 5.56 Å². The molecule has 3 aromatic rings. The summed E-state index contributed by atoms with van der Waals surface area (Å²) in [5, 5.41) is 0.0702. The number of alkyl halides is 3. The largest absolute Gasteiger partial charge is 0.416 e. The van der Waals surface area contributed by atoms with Gasteiger partial charge in [0.15, 0.2) is 0 Å². The molecule has 0 saturated carbocycles. The van der Waals surface area contributed by atoms with Gasteiger partial charge in [0.1, 0.15) is 10.0 Å². The van der Waals surface area contributed by atoms with E-state index in [4.69, 9.17) is 10.7 Å². The second-order valence-electron chi connectivity index (χ2n) is 5.06. The first-order chi connectivity index (χ1) is 11.6. The van der Waals surface area contributed by atoms with Crippen LogP contribution in [0, 0.1) is 0 Å². The van der Waals surface area contributed by atoms with Gasteiger partial charge in [-0.05, 0) is 34.9 Å². The van der Waals surface area contributed by atoms with Crippen LogP contribution < -0.4 is 0 Å². The summed E-state index contributed by atoms with van der Waals surface area (Å²) in [7, 11) is -0.717. The Hall–Kier alpha value is -1.84. The molecule has 0 N–H and O–H groups in total. The zero-order valence-corrected chi connectivity index (χ0v) is 14.6. The van der Waals surface area contributed by atoms with Crippen molar-refractivity contribution in [3.05, 3.63) is 60.3 Å². The fourth-order valence-electron chi connectivity index (χ4n) is 2.38. The highest BCUT2D eigenvalue weighted by atomic mass is 35.7. The van der Waals surface area contributed by atoms with Crippen molar-refractivity contribution in [3.63, 3.8) is 0 Å². The van der Waals surface area contributed by atoms with Crippen molar-refractivity contribution in [1.29, 1.82) is 0 Å². The summed E-state index contributed by atoms with van der Waals surface area (Å²) in [6.07, 6.45) is -3.67. The number of hydrogen-bond acceptors (Lipinski definition) is 3. The molecule has 0 aliphatic rings. The normalized spacial score (nSPS) is 13.9. The molecule has 1 unspecified atom stereocenters. The van der Waals surface area contributed by atoms with Gasteiger partial charge < -0.3 is 0 Å². The van der Waals surface area contributed by atoms with E-state index in [1.54, 1.807) is 6.07 Å². The van der Waals surface area contributed by atoms with E-state index < -0.39 is 31.8 Å². The van der Waals surface area contributed by atoms with Crippen molar-refractivity contribution in [2.75, 3.05) is 0 Å². The molecule has 25 heavy (non-hydrogen) atoms. The zero-order valence-electron chi connectivity index (χ0n) is 12.2. The first-order valence-corrected chi connectivity index (χ1v) is 10.1. The Morgan fingerprint density at radius 2 is 1.68 bits per heavy atom. The van der Waals surface area contributed by atoms with Crippen LogP contribution in [0.4, 0.5) is 13.2 Å². The van der Waals surface area contributed by atoms with Crippen molar-refractivity contribution in [2.24, 2.45) is 0 Å². The minimum absolute atomic E-state index is 0.0702. The summed E-state index contributed by atoms with van der Waals surface area (Å²) in [5.74, 6) is 0. The molecular formula is C15H9ClF3NO3S2. The van der Waals surface area contributed by atoms with E-state index in [2.05, 4.69) is 0 Å². The Morgan fingerprint density at radius 3 is 2.24 bits per heavy atom. The van der Waals surface area contributed by atoms with Gasteiger partial charge in [0.2, 0.25) is 0 Å². The highest BCUT2D eigenvalue weighted by molar-refractivity contribution is 8.08. The summed E-state index contributed by atoms with van der Waals surface area (Å²) >= 11 is 0. The molecule has 0 spiro atoms. The van der Waals surface area contributed by atoms with Crippen LogP contribution in [0.15, 0.2) is 64.5 Å². The second-order valence-corrected chi connectivity index (χ2v) is 8.60. The summed E-state index contributed by atoms with van der Waals surface area (Å²) in [6, 6.07) is 9.75. The fourth-order valence-corrected chi connectivity index (χ4v) is 4.73. The van der Waals surface area contributed by atoms with Crippen LogP contribution >= 0.6 is 10.7 Å². The molecule has 0 radical (unpaired) electrons. The van der Waals surface area contributed by atoms with Crippen LogP contribution in [-0.4, -0.2) is 16.6 Å². The van der Waals surface area contributed by atoms with Crippen LogP contribution in [0.3, 0.4) is 0 Å². The third-order valence-electron chi connectivity index (χ3n) is 3.54. The van der Waals surface area contributed by atoms with Gasteiger partial charge >= 0.3 is 6.18 Å². The molecule has 10 heteroatoms. The predicted molar refractivity (Wildman–Crippen MR) is 88.2 cm³/mol. The van der Waals surface area contributed by atoms with Crippen LogP contribution in [0.2, 0.25) is 0 Å². The Balaban J connectivity index is 2.36. The highest BCUT2D eigenvalue weighted by Gasteiger charge is 2.32. The van der Waals surface area contributed by atoms with Gasteiger partial charge in [-0.3, -0.25) is 0 Å². The fraction of sp³-hybridized carbons (Fsp3) is 0.0667. The van der Waals surface area contributed by atoms with E-state index in [0.717, 1.165) is 18.3 Å². The number of fused-ring (bicyclic) bond motifs is 1. The first-order valence-electron chi connectivity index (χ1n) is 6.73. The van der Waals surface area contributed by atoms with Crippen molar-refractivity contribution >= 4 is 41.6 Å². The number of halogens is 4. The topological polar surface area (TPSA) is 56.1 Å². The maximum absolute atomic E-state index is 13.0. The standard InChI is InChI=1S/C15H9ClF3NO3S2/c16-24(21)14-9-20(25(22,23)11-4-2-1-3-5-11)13-8-10(15(17,18)19)6-7-12(13)14/h1-9H. The third kappa shape index (κ3) is 3.19. The summed E-state index contributed by atoms with van der Waals surface area (Å²) in [5.41, 5.74) is -1.27. The predicted octanol–water partition coefficient (Wildman–Crippen LogP) is 4.16. The molecule has 1 atom stereocenters. The molecule has 3 rings (SSSR count). The third-order valence-corrected chi connectivity index (χ3v) is 6.39. The van der Waals surface area contributed by atoms with Crippen molar-refractivity contribution in [1.82, 2.24) is 3.97 Å². The molecule has 0 aliphatic carbocycles. The lowest BCUT2D eigenvalue weighted by atomic mass is 10.1.